The number of ether oxygens (including phenoxy) is 1. The van der Waals surface area contributed by atoms with Gasteiger partial charge in [0.15, 0.2) is 5.78 Å². The van der Waals surface area contributed by atoms with Crippen molar-refractivity contribution in [2.75, 3.05) is 0 Å². The molecule has 2 aliphatic carbocycles. The summed E-state index contributed by atoms with van der Waals surface area (Å²) in [5.41, 5.74) is 3.57. The molecule has 0 fully saturated rings. The Bertz CT molecular complexity index is 591. The molecule has 0 bridgehead atoms. The van der Waals surface area contributed by atoms with Crippen LogP contribution in [-0.2, 0) is 14.3 Å². The van der Waals surface area contributed by atoms with Gasteiger partial charge in [-0.25, -0.2) is 4.79 Å². The molecule has 0 aromatic carbocycles. The Balaban J connectivity index is 2.16. The van der Waals surface area contributed by atoms with E-state index >= 15 is 0 Å². The monoisotopic (exact) mass is 260 g/mol. The number of aliphatic hydroxyl groups excluding tert-OH is 1. The fraction of sp³-hybridized carbons (Fsp3) is 0.467. The first-order valence-corrected chi connectivity index (χ1v) is 6.43. The van der Waals surface area contributed by atoms with Crippen LogP contribution >= 0.6 is 0 Å². The summed E-state index contributed by atoms with van der Waals surface area (Å²) in [6, 6.07) is 0. The van der Waals surface area contributed by atoms with Gasteiger partial charge in [-0.05, 0) is 26.8 Å². The smallest absolute Gasteiger partial charge is 0.334 e. The number of hydrogen-bond donors (Lipinski definition) is 1. The average Bonchev–Trinajstić information content (AvgIpc) is 2.72. The lowest BCUT2D eigenvalue weighted by Crippen LogP contribution is -2.27. The molecule has 0 saturated heterocycles. The molecule has 1 N–H and O–H groups in total. The zero-order valence-electron chi connectivity index (χ0n) is 11.2. The van der Waals surface area contributed by atoms with E-state index in [0.29, 0.717) is 23.1 Å². The number of fused-ring (bicyclic) bond motifs is 2. The van der Waals surface area contributed by atoms with Gasteiger partial charge in [-0.15, -0.1) is 0 Å². The molecular formula is C15H16O4. The van der Waals surface area contributed by atoms with Crippen LogP contribution in [0.4, 0.5) is 0 Å². The third kappa shape index (κ3) is 1.56. The molecule has 0 radical (unpaired) electrons. The Morgan fingerprint density at radius 1 is 1.26 bits per heavy atom. The fourth-order valence-corrected chi connectivity index (χ4v) is 3.41. The predicted octanol–water partition coefficient (Wildman–Crippen LogP) is 1.45. The van der Waals surface area contributed by atoms with Gasteiger partial charge in [-0.2, -0.15) is 0 Å². The molecule has 4 nitrogen and oxygen atoms in total. The van der Waals surface area contributed by atoms with Crippen molar-refractivity contribution >= 4 is 11.8 Å². The predicted molar refractivity (Wildman–Crippen MR) is 68.2 cm³/mol. The van der Waals surface area contributed by atoms with Gasteiger partial charge in [-0.1, -0.05) is 11.1 Å². The molecule has 4 heteroatoms. The maximum absolute atomic E-state index is 12.0. The second kappa shape index (κ2) is 3.90. The van der Waals surface area contributed by atoms with Crippen LogP contribution in [0.3, 0.4) is 0 Å². The summed E-state index contributed by atoms with van der Waals surface area (Å²) < 4.78 is 5.30. The Morgan fingerprint density at radius 2 is 1.95 bits per heavy atom. The van der Waals surface area contributed by atoms with E-state index in [1.54, 1.807) is 13.0 Å². The van der Waals surface area contributed by atoms with Gasteiger partial charge in [0.25, 0.3) is 0 Å². The van der Waals surface area contributed by atoms with Crippen LogP contribution in [0.15, 0.2) is 33.9 Å². The minimum Gasteiger partial charge on any atom is -0.454 e. The molecule has 0 amide bonds. The molecule has 3 atom stereocenters. The lowest BCUT2D eigenvalue weighted by atomic mass is 9.86. The third-order valence-corrected chi connectivity index (χ3v) is 4.35. The highest BCUT2D eigenvalue weighted by Crippen LogP contribution is 2.44. The average molecular weight is 260 g/mol. The SMILES string of the molecule is CC1=CC(=O)C2=C(C)C[C@H]3OC(=O)C(C)=C3[C@@H](O)[C@H]12. The van der Waals surface area contributed by atoms with Gasteiger partial charge in [0.1, 0.15) is 6.10 Å². The Hall–Kier alpha value is -1.68. The van der Waals surface area contributed by atoms with E-state index in [1.165, 1.54) is 0 Å². The van der Waals surface area contributed by atoms with Gasteiger partial charge < -0.3 is 9.84 Å². The van der Waals surface area contributed by atoms with Gasteiger partial charge in [0.05, 0.1) is 6.10 Å². The number of rotatable bonds is 0. The van der Waals surface area contributed by atoms with Gasteiger partial charge in [-0.3, -0.25) is 4.79 Å². The van der Waals surface area contributed by atoms with E-state index in [4.69, 9.17) is 4.74 Å². The first-order chi connectivity index (χ1) is 8.91. The van der Waals surface area contributed by atoms with Crippen molar-refractivity contribution in [2.24, 2.45) is 5.92 Å². The molecule has 0 aromatic rings. The summed E-state index contributed by atoms with van der Waals surface area (Å²) in [5.74, 6) is -0.707. The number of hydrogen-bond acceptors (Lipinski definition) is 4. The Kier molecular flexibility index (Phi) is 2.54. The van der Waals surface area contributed by atoms with Crippen molar-refractivity contribution in [3.05, 3.63) is 33.9 Å². The first-order valence-electron chi connectivity index (χ1n) is 6.43. The van der Waals surface area contributed by atoms with Crippen molar-refractivity contribution < 1.29 is 19.4 Å². The van der Waals surface area contributed by atoms with Crippen LogP contribution in [-0.4, -0.2) is 29.1 Å². The lowest BCUT2D eigenvalue weighted by molar-refractivity contribution is -0.139. The number of aliphatic hydroxyl groups is 1. The summed E-state index contributed by atoms with van der Waals surface area (Å²) in [7, 11) is 0. The topological polar surface area (TPSA) is 63.6 Å². The molecule has 3 aliphatic rings. The lowest BCUT2D eigenvalue weighted by Gasteiger charge is -2.22. The molecule has 0 aromatic heterocycles. The third-order valence-electron chi connectivity index (χ3n) is 4.35. The zero-order valence-corrected chi connectivity index (χ0v) is 11.2. The maximum atomic E-state index is 12.0. The number of carbonyl (C=O) groups is 2. The van der Waals surface area contributed by atoms with Crippen molar-refractivity contribution in [3.63, 3.8) is 0 Å². The minimum absolute atomic E-state index is 0.0244. The van der Waals surface area contributed by atoms with Crippen LogP contribution in [0, 0.1) is 5.92 Å². The van der Waals surface area contributed by atoms with E-state index in [-0.39, 0.29) is 17.7 Å². The largest absolute Gasteiger partial charge is 0.454 e. The van der Waals surface area contributed by atoms with Crippen molar-refractivity contribution in [2.45, 2.75) is 39.4 Å². The summed E-state index contributed by atoms with van der Waals surface area (Å²) in [4.78, 5) is 23.7. The van der Waals surface area contributed by atoms with E-state index in [1.807, 2.05) is 13.8 Å². The number of allylic oxidation sites excluding steroid dienone is 1. The second-order valence-corrected chi connectivity index (χ2v) is 5.55. The highest BCUT2D eigenvalue weighted by atomic mass is 16.5. The van der Waals surface area contributed by atoms with Crippen LogP contribution in [0.2, 0.25) is 0 Å². The summed E-state index contributed by atoms with van der Waals surface area (Å²) >= 11 is 0. The van der Waals surface area contributed by atoms with Crippen LogP contribution in [0.1, 0.15) is 27.2 Å². The zero-order chi connectivity index (χ0) is 13.9. The van der Waals surface area contributed by atoms with Crippen molar-refractivity contribution in [1.29, 1.82) is 0 Å². The minimum atomic E-state index is -0.841. The molecular weight excluding hydrogens is 244 g/mol. The van der Waals surface area contributed by atoms with Crippen LogP contribution in [0.25, 0.3) is 0 Å². The van der Waals surface area contributed by atoms with E-state index in [0.717, 1.165) is 11.1 Å². The van der Waals surface area contributed by atoms with Crippen LogP contribution in [0.5, 0.6) is 0 Å². The molecule has 3 rings (SSSR count). The molecule has 100 valence electrons. The van der Waals surface area contributed by atoms with E-state index < -0.39 is 12.2 Å². The highest BCUT2D eigenvalue weighted by Gasteiger charge is 2.46. The van der Waals surface area contributed by atoms with Crippen molar-refractivity contribution in [1.82, 2.24) is 0 Å². The summed E-state index contributed by atoms with van der Waals surface area (Å²) in [6.07, 6.45) is 0.821. The first kappa shape index (κ1) is 12.4. The Morgan fingerprint density at radius 3 is 2.63 bits per heavy atom. The molecule has 1 aliphatic heterocycles. The standard InChI is InChI=1S/C15H16O4/c1-6-4-9(16)11-7(2)5-10-13(14(17)12(6)11)8(3)15(18)19-10/h4,10,12,14,17H,5H2,1-3H3/t10-,12-,14+/m1/s1. The van der Waals surface area contributed by atoms with Gasteiger partial charge >= 0.3 is 5.97 Å². The molecule has 0 spiro atoms. The normalized spacial score (nSPS) is 34.1. The number of esters is 1. The van der Waals surface area contributed by atoms with E-state index in [9.17, 15) is 14.7 Å². The number of ketones is 1. The summed E-state index contributed by atoms with van der Waals surface area (Å²) in [6.45, 7) is 5.40. The van der Waals surface area contributed by atoms with Crippen LogP contribution < -0.4 is 0 Å². The van der Waals surface area contributed by atoms with E-state index in [2.05, 4.69) is 0 Å². The Labute approximate surface area is 111 Å². The van der Waals surface area contributed by atoms with Gasteiger partial charge in [0.2, 0.25) is 0 Å². The van der Waals surface area contributed by atoms with Crippen molar-refractivity contribution in [3.8, 4) is 0 Å². The van der Waals surface area contributed by atoms with Gasteiger partial charge in [0, 0.05) is 29.1 Å². The fourth-order valence-electron chi connectivity index (χ4n) is 3.41. The number of carbonyl (C=O) groups excluding carboxylic acids is 2. The molecule has 0 unspecified atom stereocenters. The quantitative estimate of drug-likeness (QED) is 0.670. The molecule has 1 heterocycles. The molecule has 0 saturated carbocycles. The summed E-state index contributed by atoms with van der Waals surface area (Å²) in [5, 5.41) is 10.6. The maximum Gasteiger partial charge on any atom is 0.334 e. The highest BCUT2D eigenvalue weighted by molar-refractivity contribution is 6.09. The molecule has 19 heavy (non-hydrogen) atoms. The second-order valence-electron chi connectivity index (χ2n) is 5.55.